The zero-order valence-corrected chi connectivity index (χ0v) is 25.3. The van der Waals surface area contributed by atoms with Crippen molar-refractivity contribution in [3.05, 3.63) is 82.9 Å². The minimum atomic E-state index is -0.977. The summed E-state index contributed by atoms with van der Waals surface area (Å²) in [6, 6.07) is 21.8. The van der Waals surface area contributed by atoms with Crippen LogP contribution in [0, 0.1) is 6.92 Å². The summed E-state index contributed by atoms with van der Waals surface area (Å²) in [7, 11) is 1.61. The molecule has 2 atom stereocenters. The summed E-state index contributed by atoms with van der Waals surface area (Å²) in [6.07, 6.45) is -0.182. The number of aryl methyl sites for hydroxylation is 1. The second-order valence-electron chi connectivity index (χ2n) is 10.5. The van der Waals surface area contributed by atoms with E-state index in [4.69, 9.17) is 21.1 Å². The first-order chi connectivity index (χ1) is 19.8. The second-order valence-corrected chi connectivity index (χ2v) is 12.1. The molecule has 1 amide bonds. The number of benzene rings is 3. The fraction of sp³-hybridized carbons (Fsp3) is 0.375. The third kappa shape index (κ3) is 7.00. The summed E-state index contributed by atoms with van der Waals surface area (Å²) in [5.74, 6) is 0.00383. The molecule has 0 bridgehead atoms. The Bertz CT molecular complexity index is 1360. The average molecular weight is 594 g/mol. The molecule has 2 aliphatic heterocycles. The van der Waals surface area contributed by atoms with Gasteiger partial charge in [0, 0.05) is 55.3 Å². The van der Waals surface area contributed by atoms with Gasteiger partial charge < -0.3 is 19.3 Å². The Labute approximate surface area is 251 Å². The van der Waals surface area contributed by atoms with Crippen molar-refractivity contribution in [3.63, 3.8) is 0 Å². The predicted molar refractivity (Wildman–Crippen MR) is 165 cm³/mol. The van der Waals surface area contributed by atoms with E-state index in [0.29, 0.717) is 17.3 Å². The van der Waals surface area contributed by atoms with Crippen molar-refractivity contribution in [1.82, 2.24) is 4.90 Å². The molecule has 0 aliphatic carbocycles. The van der Waals surface area contributed by atoms with E-state index in [1.165, 1.54) is 29.9 Å². The molecule has 5 rings (SSSR count). The van der Waals surface area contributed by atoms with Crippen molar-refractivity contribution in [3.8, 4) is 5.75 Å². The largest absolute Gasteiger partial charge is 0.497 e. The van der Waals surface area contributed by atoms with Crippen molar-refractivity contribution in [2.24, 2.45) is 0 Å². The van der Waals surface area contributed by atoms with Crippen LogP contribution in [0.1, 0.15) is 29.7 Å². The summed E-state index contributed by atoms with van der Waals surface area (Å²) in [5, 5.41) is 0.156. The van der Waals surface area contributed by atoms with Crippen molar-refractivity contribution in [2.75, 3.05) is 56.2 Å². The van der Waals surface area contributed by atoms with Gasteiger partial charge in [0.1, 0.15) is 5.75 Å². The van der Waals surface area contributed by atoms with E-state index in [0.717, 1.165) is 55.3 Å². The number of hydrogen-bond acceptors (Lipinski definition) is 7. The molecule has 2 aliphatic rings. The topological polar surface area (TPSA) is 62.3 Å². The van der Waals surface area contributed by atoms with Crippen LogP contribution < -0.4 is 14.5 Å². The molecule has 216 valence electrons. The number of carbonyl (C=O) groups excluding carboxylic acids is 2. The molecule has 3 aromatic rings. The first-order valence-electron chi connectivity index (χ1n) is 13.9. The monoisotopic (exact) mass is 593 g/mol. The van der Waals surface area contributed by atoms with Gasteiger partial charge in [-0.25, -0.2) is 0 Å². The van der Waals surface area contributed by atoms with Gasteiger partial charge in [-0.15, -0.1) is 11.8 Å². The van der Waals surface area contributed by atoms with Gasteiger partial charge in [-0.1, -0.05) is 41.4 Å². The lowest BCUT2D eigenvalue weighted by atomic mass is 10.1. The highest BCUT2D eigenvalue weighted by molar-refractivity contribution is 7.99. The normalized spacial score (nSPS) is 19.5. The lowest BCUT2D eigenvalue weighted by molar-refractivity contribution is -0.152. The van der Waals surface area contributed by atoms with E-state index in [-0.39, 0.29) is 5.91 Å². The molecule has 0 spiro atoms. The smallest absolute Gasteiger partial charge is 0.303 e. The molecule has 0 aromatic heterocycles. The van der Waals surface area contributed by atoms with Gasteiger partial charge in [-0.3, -0.25) is 14.5 Å². The van der Waals surface area contributed by atoms with Crippen LogP contribution in [-0.4, -0.2) is 69.3 Å². The Hall–Kier alpha value is -3.20. The minimum absolute atomic E-state index is 0.223. The number of ether oxygens (including phenoxy) is 2. The Morgan fingerprint density at radius 1 is 0.976 bits per heavy atom. The van der Waals surface area contributed by atoms with Crippen LogP contribution in [0.25, 0.3) is 0 Å². The average Bonchev–Trinajstić information content (AvgIpc) is 3.08. The number of thioether (sulfide) groups is 1. The number of nitrogens with zero attached hydrogens (tertiary/aromatic N) is 3. The van der Waals surface area contributed by atoms with Crippen molar-refractivity contribution in [2.45, 2.75) is 36.5 Å². The van der Waals surface area contributed by atoms with Crippen LogP contribution >= 0.6 is 23.4 Å². The molecular formula is C32H36ClN3O4S. The molecule has 0 saturated carbocycles. The maximum Gasteiger partial charge on any atom is 0.303 e. The fourth-order valence-corrected chi connectivity index (χ4v) is 6.99. The molecule has 2 heterocycles. The zero-order valence-electron chi connectivity index (χ0n) is 23.7. The fourth-order valence-electron chi connectivity index (χ4n) is 5.40. The minimum Gasteiger partial charge on any atom is -0.497 e. The van der Waals surface area contributed by atoms with Crippen molar-refractivity contribution >= 4 is 46.6 Å². The van der Waals surface area contributed by atoms with Crippen molar-refractivity contribution in [1.29, 1.82) is 0 Å². The molecule has 1 unspecified atom stereocenters. The van der Waals surface area contributed by atoms with E-state index >= 15 is 0 Å². The first-order valence-corrected chi connectivity index (χ1v) is 15.2. The Morgan fingerprint density at radius 2 is 1.68 bits per heavy atom. The summed E-state index contributed by atoms with van der Waals surface area (Å²) in [5.41, 5.74) is 4.20. The molecule has 1 fully saturated rings. The number of anilines is 2. The summed E-state index contributed by atoms with van der Waals surface area (Å²) >= 11 is 7.90. The van der Waals surface area contributed by atoms with Crippen LogP contribution in [0.3, 0.4) is 0 Å². The van der Waals surface area contributed by atoms with Crippen LogP contribution in [0.5, 0.6) is 5.75 Å². The SMILES string of the molecule is COc1ccc([C@@H]2Sc3cc(Cl)ccc3N(CCCN3CCN(c4ccc(C)cc4)CC3)C(=O)C2OC(C)=O)cc1. The number of amides is 1. The third-order valence-electron chi connectivity index (χ3n) is 7.62. The molecule has 7 nitrogen and oxygen atoms in total. The van der Waals surface area contributed by atoms with Crippen LogP contribution in [-0.2, 0) is 14.3 Å². The number of halogens is 1. The lowest BCUT2D eigenvalue weighted by Crippen LogP contribution is -2.47. The number of carbonyl (C=O) groups is 2. The summed E-state index contributed by atoms with van der Waals surface area (Å²) in [4.78, 5) is 33.8. The van der Waals surface area contributed by atoms with Crippen molar-refractivity contribution < 1.29 is 19.1 Å². The molecule has 0 radical (unpaired) electrons. The standard InChI is InChI=1S/C32H36ClN3O4S/c1-22-5-10-26(11-6-22)35-19-17-34(18-20-35)15-4-16-36-28-14-9-25(33)21-29(28)41-31(30(32(36)38)40-23(2)37)24-7-12-27(39-3)13-8-24/h5-14,21,30-31H,4,15-20H2,1-3H3/t30?,31-/m0/s1. The Balaban J connectivity index is 1.31. The van der Waals surface area contributed by atoms with E-state index < -0.39 is 17.3 Å². The number of esters is 1. The zero-order chi connectivity index (χ0) is 28.9. The van der Waals surface area contributed by atoms with Gasteiger partial charge in [-0.05, 0) is 67.9 Å². The molecule has 9 heteroatoms. The van der Waals surface area contributed by atoms with E-state index in [9.17, 15) is 9.59 Å². The van der Waals surface area contributed by atoms with Crippen LogP contribution in [0.15, 0.2) is 71.6 Å². The Morgan fingerprint density at radius 3 is 2.34 bits per heavy atom. The summed E-state index contributed by atoms with van der Waals surface area (Å²) < 4.78 is 11.0. The van der Waals surface area contributed by atoms with E-state index in [2.05, 4.69) is 41.0 Å². The maximum atomic E-state index is 14.1. The first kappa shape index (κ1) is 29.3. The van der Waals surface area contributed by atoms with Gasteiger partial charge in [0.05, 0.1) is 18.0 Å². The van der Waals surface area contributed by atoms with Gasteiger partial charge in [0.25, 0.3) is 5.91 Å². The van der Waals surface area contributed by atoms with E-state index in [1.807, 2.05) is 36.4 Å². The van der Waals surface area contributed by atoms with Gasteiger partial charge in [0.15, 0.2) is 6.10 Å². The predicted octanol–water partition coefficient (Wildman–Crippen LogP) is 5.98. The number of methoxy groups -OCH3 is 1. The number of piperazine rings is 1. The highest BCUT2D eigenvalue weighted by Gasteiger charge is 2.41. The molecule has 1 saturated heterocycles. The third-order valence-corrected chi connectivity index (χ3v) is 9.21. The van der Waals surface area contributed by atoms with Crippen LogP contribution in [0.2, 0.25) is 5.02 Å². The van der Waals surface area contributed by atoms with Gasteiger partial charge in [0.2, 0.25) is 0 Å². The number of rotatable bonds is 8. The van der Waals surface area contributed by atoms with E-state index in [1.54, 1.807) is 18.1 Å². The Kier molecular flexibility index (Phi) is 9.42. The molecule has 41 heavy (non-hydrogen) atoms. The molecular weight excluding hydrogens is 558 g/mol. The summed E-state index contributed by atoms with van der Waals surface area (Å²) in [6.45, 7) is 8.73. The van der Waals surface area contributed by atoms with Gasteiger partial charge in [-0.2, -0.15) is 0 Å². The second kappa shape index (κ2) is 13.2. The number of hydrogen-bond donors (Lipinski definition) is 0. The lowest BCUT2D eigenvalue weighted by Gasteiger charge is -2.36. The maximum absolute atomic E-state index is 14.1. The van der Waals surface area contributed by atoms with Crippen LogP contribution in [0.4, 0.5) is 11.4 Å². The van der Waals surface area contributed by atoms with Gasteiger partial charge >= 0.3 is 5.97 Å². The molecule has 3 aromatic carbocycles. The highest BCUT2D eigenvalue weighted by atomic mass is 35.5. The highest BCUT2D eigenvalue weighted by Crippen LogP contribution is 2.47. The molecule has 0 N–H and O–H groups in total. The quantitative estimate of drug-likeness (QED) is 0.298. The number of fused-ring (bicyclic) bond motifs is 1.